The molecule has 0 fully saturated rings. The van der Waals surface area contributed by atoms with Crippen LogP contribution in [-0.2, 0) is 5.75 Å². The quantitative estimate of drug-likeness (QED) is 0.588. The van der Waals surface area contributed by atoms with Gasteiger partial charge in [0.25, 0.3) is 5.91 Å². The average Bonchev–Trinajstić information content (AvgIpc) is 3.13. The van der Waals surface area contributed by atoms with E-state index in [1.165, 1.54) is 17.4 Å². The van der Waals surface area contributed by atoms with Crippen LogP contribution < -0.4 is 5.32 Å². The van der Waals surface area contributed by atoms with Crippen LogP contribution >= 0.6 is 23.1 Å². The normalized spacial score (nSPS) is 10.7. The van der Waals surface area contributed by atoms with Gasteiger partial charge in [0.1, 0.15) is 11.6 Å². The maximum atomic E-state index is 13.9. The SMILES string of the molecule is O=C(Nc1cc(CSCCO)ccn1)c1ccc(-c2ccccc2F)s1. The molecule has 3 rings (SSSR count). The summed E-state index contributed by atoms with van der Waals surface area (Å²) in [6, 6.07) is 13.6. The highest BCUT2D eigenvalue weighted by molar-refractivity contribution is 7.98. The fourth-order valence-corrected chi connectivity index (χ4v) is 3.95. The highest BCUT2D eigenvalue weighted by Crippen LogP contribution is 2.30. The summed E-state index contributed by atoms with van der Waals surface area (Å²) in [5.74, 6) is 1.29. The fourth-order valence-electron chi connectivity index (χ4n) is 2.33. The Balaban J connectivity index is 1.69. The van der Waals surface area contributed by atoms with Crippen LogP contribution in [-0.4, -0.2) is 28.4 Å². The van der Waals surface area contributed by atoms with E-state index in [2.05, 4.69) is 10.3 Å². The number of carbonyl (C=O) groups excluding carboxylic acids is 1. The van der Waals surface area contributed by atoms with E-state index in [4.69, 9.17) is 5.11 Å². The van der Waals surface area contributed by atoms with Crippen molar-refractivity contribution < 1.29 is 14.3 Å². The van der Waals surface area contributed by atoms with Crippen molar-refractivity contribution in [1.29, 1.82) is 0 Å². The minimum atomic E-state index is -0.309. The van der Waals surface area contributed by atoms with Gasteiger partial charge in [0.2, 0.25) is 0 Å². The molecule has 134 valence electrons. The Morgan fingerprint density at radius 2 is 2.08 bits per heavy atom. The van der Waals surface area contributed by atoms with Gasteiger partial charge in [-0.3, -0.25) is 4.79 Å². The van der Waals surface area contributed by atoms with Crippen molar-refractivity contribution in [2.45, 2.75) is 5.75 Å². The number of benzene rings is 1. The summed E-state index contributed by atoms with van der Waals surface area (Å²) in [5, 5.41) is 11.6. The number of hydrogen-bond donors (Lipinski definition) is 2. The summed E-state index contributed by atoms with van der Waals surface area (Å²) in [6.07, 6.45) is 1.64. The summed E-state index contributed by atoms with van der Waals surface area (Å²) in [7, 11) is 0. The summed E-state index contributed by atoms with van der Waals surface area (Å²) < 4.78 is 13.9. The van der Waals surface area contributed by atoms with Gasteiger partial charge >= 0.3 is 0 Å². The molecule has 0 spiro atoms. The standard InChI is InChI=1S/C19H17FN2O2S2/c20-15-4-2-1-3-14(15)16-5-6-17(26-16)19(24)22-18-11-13(7-8-21-18)12-25-10-9-23/h1-8,11,23H,9-10,12H2,(H,21,22,24). The van der Waals surface area contributed by atoms with E-state index in [0.717, 1.165) is 11.3 Å². The highest BCUT2D eigenvalue weighted by atomic mass is 32.2. The number of nitrogens with zero attached hydrogens (tertiary/aromatic N) is 1. The van der Waals surface area contributed by atoms with E-state index in [1.54, 1.807) is 48.3 Å². The summed E-state index contributed by atoms with van der Waals surface area (Å²) in [6.45, 7) is 0.141. The van der Waals surface area contributed by atoms with Gasteiger partial charge in [-0.15, -0.1) is 11.3 Å². The number of anilines is 1. The Kier molecular flexibility index (Phi) is 6.38. The number of amides is 1. The smallest absolute Gasteiger partial charge is 0.266 e. The third-order valence-corrected chi connectivity index (χ3v) is 5.67. The molecule has 7 heteroatoms. The zero-order chi connectivity index (χ0) is 18.4. The Labute approximate surface area is 159 Å². The molecule has 4 nitrogen and oxygen atoms in total. The second-order valence-electron chi connectivity index (χ2n) is 5.42. The third kappa shape index (κ3) is 4.69. The second-order valence-corrected chi connectivity index (χ2v) is 7.61. The molecule has 0 unspecified atom stereocenters. The van der Waals surface area contributed by atoms with Gasteiger partial charge in [-0.2, -0.15) is 11.8 Å². The zero-order valence-corrected chi connectivity index (χ0v) is 15.4. The maximum absolute atomic E-state index is 13.9. The fraction of sp³-hybridized carbons (Fsp3) is 0.158. The average molecular weight is 388 g/mol. The molecular weight excluding hydrogens is 371 g/mol. The van der Waals surface area contributed by atoms with Crippen LogP contribution in [0.4, 0.5) is 10.2 Å². The van der Waals surface area contributed by atoms with Gasteiger partial charge in [0, 0.05) is 28.1 Å². The number of thiophene rings is 1. The summed E-state index contributed by atoms with van der Waals surface area (Å²) >= 11 is 2.85. The van der Waals surface area contributed by atoms with Crippen molar-refractivity contribution in [3.8, 4) is 10.4 Å². The lowest BCUT2D eigenvalue weighted by molar-refractivity contribution is 0.103. The monoisotopic (exact) mass is 388 g/mol. The largest absolute Gasteiger partial charge is 0.396 e. The molecule has 0 saturated heterocycles. The number of aliphatic hydroxyl groups is 1. The predicted molar refractivity (Wildman–Crippen MR) is 105 cm³/mol. The number of thioether (sulfide) groups is 1. The van der Waals surface area contributed by atoms with Crippen LogP contribution in [0.25, 0.3) is 10.4 Å². The second kappa shape index (κ2) is 8.93. The molecule has 2 N–H and O–H groups in total. The van der Waals surface area contributed by atoms with Gasteiger partial charge in [0.05, 0.1) is 11.5 Å². The number of aliphatic hydroxyl groups excluding tert-OH is 1. The van der Waals surface area contributed by atoms with Gasteiger partial charge in [-0.25, -0.2) is 9.37 Å². The lowest BCUT2D eigenvalue weighted by atomic mass is 10.2. The van der Waals surface area contributed by atoms with E-state index >= 15 is 0 Å². The van der Waals surface area contributed by atoms with Crippen molar-refractivity contribution in [2.75, 3.05) is 17.7 Å². The number of nitrogens with one attached hydrogen (secondary N) is 1. The molecule has 3 aromatic rings. The van der Waals surface area contributed by atoms with Crippen LogP contribution in [0.5, 0.6) is 0 Å². The van der Waals surface area contributed by atoms with E-state index in [-0.39, 0.29) is 18.3 Å². The van der Waals surface area contributed by atoms with E-state index in [1.807, 2.05) is 12.1 Å². The first-order valence-electron chi connectivity index (χ1n) is 7.97. The van der Waals surface area contributed by atoms with E-state index in [0.29, 0.717) is 26.9 Å². The molecule has 2 heterocycles. The van der Waals surface area contributed by atoms with E-state index in [9.17, 15) is 9.18 Å². The summed E-state index contributed by atoms with van der Waals surface area (Å²) in [4.78, 5) is 17.8. The molecule has 0 aliphatic heterocycles. The lowest BCUT2D eigenvalue weighted by Gasteiger charge is -2.05. The Morgan fingerprint density at radius 3 is 2.88 bits per heavy atom. The number of halogens is 1. The first kappa shape index (κ1) is 18.6. The van der Waals surface area contributed by atoms with Crippen molar-refractivity contribution in [3.63, 3.8) is 0 Å². The maximum Gasteiger partial charge on any atom is 0.266 e. The van der Waals surface area contributed by atoms with Gasteiger partial charge in [-0.1, -0.05) is 18.2 Å². The molecule has 0 aliphatic carbocycles. The molecule has 0 saturated carbocycles. The van der Waals surface area contributed by atoms with Gasteiger partial charge in [0.15, 0.2) is 0 Å². The van der Waals surface area contributed by atoms with Crippen LogP contribution in [0.2, 0.25) is 0 Å². The van der Waals surface area contributed by atoms with Crippen molar-refractivity contribution in [2.24, 2.45) is 0 Å². The van der Waals surface area contributed by atoms with Crippen LogP contribution in [0.1, 0.15) is 15.2 Å². The number of hydrogen-bond acceptors (Lipinski definition) is 5. The number of pyridine rings is 1. The molecule has 2 aromatic heterocycles. The molecule has 0 bridgehead atoms. The Hall–Kier alpha value is -2.22. The number of carbonyl (C=O) groups is 1. The predicted octanol–water partition coefficient (Wildman–Crippen LogP) is 4.43. The van der Waals surface area contributed by atoms with Crippen molar-refractivity contribution in [1.82, 2.24) is 4.98 Å². The molecule has 0 atom stereocenters. The number of rotatable bonds is 7. The van der Waals surface area contributed by atoms with Crippen molar-refractivity contribution in [3.05, 3.63) is 71.0 Å². The Bertz CT molecular complexity index is 899. The topological polar surface area (TPSA) is 62.2 Å². The first-order chi connectivity index (χ1) is 12.7. The highest BCUT2D eigenvalue weighted by Gasteiger charge is 2.13. The molecule has 26 heavy (non-hydrogen) atoms. The number of aromatic nitrogens is 1. The molecule has 0 aliphatic rings. The van der Waals surface area contributed by atoms with Gasteiger partial charge < -0.3 is 10.4 Å². The minimum absolute atomic E-state index is 0.141. The molecule has 1 aromatic carbocycles. The summed E-state index contributed by atoms with van der Waals surface area (Å²) in [5.41, 5.74) is 1.50. The van der Waals surface area contributed by atoms with Crippen LogP contribution in [0.15, 0.2) is 54.7 Å². The first-order valence-corrected chi connectivity index (χ1v) is 9.94. The van der Waals surface area contributed by atoms with E-state index < -0.39 is 0 Å². The lowest BCUT2D eigenvalue weighted by Crippen LogP contribution is -2.11. The van der Waals surface area contributed by atoms with Crippen LogP contribution in [0.3, 0.4) is 0 Å². The minimum Gasteiger partial charge on any atom is -0.396 e. The van der Waals surface area contributed by atoms with Crippen LogP contribution in [0, 0.1) is 5.82 Å². The van der Waals surface area contributed by atoms with Crippen molar-refractivity contribution >= 4 is 34.8 Å². The van der Waals surface area contributed by atoms with Gasteiger partial charge in [-0.05, 0) is 35.9 Å². The third-order valence-electron chi connectivity index (χ3n) is 3.54. The molecule has 0 radical (unpaired) electrons. The zero-order valence-electron chi connectivity index (χ0n) is 13.8. The molecule has 1 amide bonds. The molecular formula is C19H17FN2O2S2. The Morgan fingerprint density at radius 1 is 1.23 bits per heavy atom.